The van der Waals surface area contributed by atoms with Crippen LogP contribution in [0.5, 0.6) is 0 Å². The Balaban J connectivity index is 0.00000145. The normalized spacial score (nSPS) is 28.6. The maximum Gasteiger partial charge on any atom is 0.472 e. The number of imidazole rings is 2. The van der Waals surface area contributed by atoms with Crippen LogP contribution in [-0.2, 0) is 38.8 Å². The van der Waals surface area contributed by atoms with Crippen LogP contribution < -0.4 is 11.3 Å². The Hall–Kier alpha value is -3.41. The molecular formula is C23H31N9O14P2. The molecule has 4 aromatic heterocycles. The van der Waals surface area contributed by atoms with Crippen LogP contribution in [0.15, 0.2) is 23.8 Å². The molecule has 6 rings (SSSR count). The van der Waals surface area contributed by atoms with E-state index in [-0.39, 0.29) is 17.1 Å². The number of hydrogen-bond donors (Lipinski definition) is 8. The quantitative estimate of drug-likeness (QED) is 0.0730. The van der Waals surface area contributed by atoms with Gasteiger partial charge in [0.2, 0.25) is 5.95 Å². The van der Waals surface area contributed by atoms with E-state index in [1.54, 1.807) is 7.11 Å². The van der Waals surface area contributed by atoms with Crippen LogP contribution in [0.3, 0.4) is 0 Å². The van der Waals surface area contributed by atoms with Gasteiger partial charge in [-0.2, -0.15) is 4.98 Å². The van der Waals surface area contributed by atoms with Crippen LogP contribution in [0.2, 0.25) is 0 Å². The molecule has 4 aromatic rings. The third kappa shape index (κ3) is 7.14. The largest absolute Gasteiger partial charge is 0.472 e. The summed E-state index contributed by atoms with van der Waals surface area (Å²) < 4.78 is 51.0. The molecule has 25 heteroatoms. The number of rotatable bonds is 11. The molecule has 6 heterocycles. The number of H-pyrrole nitrogens is 1. The zero-order chi connectivity index (χ0) is 34.7. The summed E-state index contributed by atoms with van der Waals surface area (Å²) in [5, 5.41) is 41.9. The van der Waals surface area contributed by atoms with E-state index >= 15 is 0 Å². The molecule has 0 aliphatic carbocycles. The number of aliphatic hydroxyl groups is 4. The highest BCUT2D eigenvalue weighted by atomic mass is 31.2. The molecule has 1 unspecified atom stereocenters. The summed E-state index contributed by atoms with van der Waals surface area (Å²) >= 11 is 0. The van der Waals surface area contributed by atoms with Gasteiger partial charge in [-0.1, -0.05) is 0 Å². The van der Waals surface area contributed by atoms with E-state index in [1.807, 2.05) is 0 Å². The topological polar surface area (TPSA) is 335 Å². The summed E-state index contributed by atoms with van der Waals surface area (Å²) in [5.74, 6) is -0.251. The SMILES string of the molecule is COCCc1ncnc2c1ncn2[C@@H]1O[C@H](COP(=O)(O)O[C@@H]2[C@H](O)[C@@H](CO)O[C@H]2n2cnc3c(=O)[nH]c(N)nc32)[C@@H](O)[C@H]1O.O=PO. The van der Waals surface area contributed by atoms with Crippen molar-refractivity contribution < 1.29 is 62.6 Å². The monoisotopic (exact) mass is 719 g/mol. The Morgan fingerprint density at radius 3 is 2.38 bits per heavy atom. The van der Waals surface area contributed by atoms with Gasteiger partial charge in [0.1, 0.15) is 48.5 Å². The van der Waals surface area contributed by atoms with Crippen LogP contribution in [-0.4, -0.2) is 133 Å². The molecule has 0 spiro atoms. The van der Waals surface area contributed by atoms with Crippen molar-refractivity contribution in [2.75, 3.05) is 32.7 Å². The first-order chi connectivity index (χ1) is 22.9. The van der Waals surface area contributed by atoms with E-state index in [1.165, 1.54) is 17.2 Å². The molecule has 2 fully saturated rings. The van der Waals surface area contributed by atoms with Crippen LogP contribution in [0.1, 0.15) is 18.1 Å². The number of nitrogens with zero attached hydrogens (tertiary/aromatic N) is 7. The Bertz CT molecular complexity index is 1840. The molecule has 2 saturated heterocycles. The van der Waals surface area contributed by atoms with Crippen LogP contribution in [0.25, 0.3) is 22.3 Å². The van der Waals surface area contributed by atoms with E-state index in [4.69, 9.17) is 38.5 Å². The third-order valence-corrected chi connectivity index (χ3v) is 8.45. The summed E-state index contributed by atoms with van der Waals surface area (Å²) in [4.78, 5) is 52.8. The number of phosphoric acid groups is 1. The predicted molar refractivity (Wildman–Crippen MR) is 157 cm³/mol. The number of nitrogens with one attached hydrogen (secondary N) is 1. The number of ether oxygens (including phenoxy) is 3. The van der Waals surface area contributed by atoms with Gasteiger partial charge >= 0.3 is 16.5 Å². The minimum absolute atomic E-state index is 0.0834. The van der Waals surface area contributed by atoms with Crippen molar-refractivity contribution in [3.63, 3.8) is 0 Å². The first-order valence-corrected chi connectivity index (χ1v) is 16.2. The molecule has 262 valence electrons. The van der Waals surface area contributed by atoms with E-state index in [0.717, 1.165) is 10.9 Å². The zero-order valence-electron chi connectivity index (χ0n) is 24.7. The molecule has 48 heavy (non-hydrogen) atoms. The number of methoxy groups -OCH3 is 1. The second-order valence-electron chi connectivity index (χ2n) is 10.4. The second-order valence-corrected chi connectivity index (χ2v) is 11.9. The molecule has 23 nitrogen and oxygen atoms in total. The average Bonchev–Trinajstić information content (AvgIpc) is 3.81. The number of anilines is 1. The smallest absolute Gasteiger partial charge is 0.394 e. The second kappa shape index (κ2) is 15.0. The molecule has 2 aliphatic rings. The number of nitrogens with two attached hydrogens (primary N) is 1. The van der Waals surface area contributed by atoms with Crippen molar-refractivity contribution in [1.29, 1.82) is 0 Å². The number of nitrogen functional groups attached to an aromatic ring is 1. The Morgan fingerprint density at radius 2 is 1.69 bits per heavy atom. The highest BCUT2D eigenvalue weighted by molar-refractivity contribution is 7.47. The van der Waals surface area contributed by atoms with Gasteiger partial charge in [0.15, 0.2) is 29.3 Å². The lowest BCUT2D eigenvalue weighted by molar-refractivity contribution is -0.0615. The Morgan fingerprint density at radius 1 is 1.02 bits per heavy atom. The van der Waals surface area contributed by atoms with E-state index in [0.29, 0.717) is 29.9 Å². The molecule has 0 bridgehead atoms. The first-order valence-electron chi connectivity index (χ1n) is 13.9. The third-order valence-electron chi connectivity index (χ3n) is 7.46. The highest BCUT2D eigenvalue weighted by Crippen LogP contribution is 2.50. The molecule has 0 amide bonds. The number of hydrogen-bond acceptors (Lipinski definition) is 18. The number of phosphoric ester groups is 1. The van der Waals surface area contributed by atoms with Crippen molar-refractivity contribution >= 4 is 44.8 Å². The van der Waals surface area contributed by atoms with Gasteiger partial charge < -0.3 is 50.2 Å². The minimum atomic E-state index is -5.06. The fraction of sp³-hybridized carbons (Fsp3) is 0.565. The van der Waals surface area contributed by atoms with Gasteiger partial charge in [-0.15, -0.1) is 0 Å². The zero-order valence-corrected chi connectivity index (χ0v) is 26.5. The van der Waals surface area contributed by atoms with Crippen molar-refractivity contribution in [2.45, 2.75) is 55.5 Å². The molecule has 9 N–H and O–H groups in total. The lowest BCUT2D eigenvalue weighted by Crippen LogP contribution is -2.36. The number of aliphatic hydroxyl groups excluding tert-OH is 4. The van der Waals surface area contributed by atoms with Crippen molar-refractivity contribution in [3.05, 3.63) is 35.0 Å². The molecule has 9 atom stereocenters. The van der Waals surface area contributed by atoms with E-state index in [2.05, 4.69) is 29.9 Å². The van der Waals surface area contributed by atoms with Gasteiger partial charge in [-0.05, 0) is 0 Å². The van der Waals surface area contributed by atoms with Crippen molar-refractivity contribution in [3.8, 4) is 0 Å². The molecule has 0 aromatic carbocycles. The predicted octanol–water partition coefficient (Wildman–Crippen LogP) is -2.71. The van der Waals surface area contributed by atoms with E-state index < -0.39 is 84.4 Å². The van der Waals surface area contributed by atoms with Gasteiger partial charge in [0.25, 0.3) is 5.56 Å². The number of aromatic amines is 1. The van der Waals surface area contributed by atoms with Crippen molar-refractivity contribution in [1.82, 2.24) is 39.0 Å². The van der Waals surface area contributed by atoms with Crippen LogP contribution >= 0.6 is 16.5 Å². The standard InChI is InChI=1S/C23H30N9O12P.HO2P/c1-40-3-2-9-12-18(26-6-25-9)31(7-27-12)21-16(36)14(34)11(43-21)5-41-45(38,39)44-17-15(35)10(4-33)42-22(17)32-8-28-13-19(32)29-23(24)30-20(13)37;1-3-2/h6-8,10-11,14-17,21-22,33-36H,2-5H2,1H3,(H,38,39)(H3,24,29,30,37);(H,1,2)/t10-,11-,14-,15-,16-,17-,21-,22-;/m1./s1. The maximum atomic E-state index is 13.1. The summed E-state index contributed by atoms with van der Waals surface area (Å²) in [6.45, 7) is -1.04. The van der Waals surface area contributed by atoms with Gasteiger partial charge in [-0.25, -0.2) is 29.1 Å². The summed E-state index contributed by atoms with van der Waals surface area (Å²) in [7, 11) is -4.35. The number of fused-ring (bicyclic) bond motifs is 2. The van der Waals surface area contributed by atoms with Gasteiger partial charge in [0.05, 0.1) is 38.2 Å². The first kappa shape index (κ1) is 35.9. The minimum Gasteiger partial charge on any atom is -0.394 e. The molecule has 0 radical (unpaired) electrons. The Kier molecular flexibility index (Phi) is 11.2. The number of aromatic nitrogens is 8. The molecule has 2 aliphatic heterocycles. The maximum absolute atomic E-state index is 13.1. The van der Waals surface area contributed by atoms with Crippen LogP contribution in [0.4, 0.5) is 5.95 Å². The molecule has 0 saturated carbocycles. The van der Waals surface area contributed by atoms with Crippen LogP contribution in [0, 0.1) is 0 Å². The summed E-state index contributed by atoms with van der Waals surface area (Å²) in [6.07, 6.45) is -7.31. The lowest BCUT2D eigenvalue weighted by atomic mass is 10.1. The van der Waals surface area contributed by atoms with E-state index in [9.17, 15) is 34.7 Å². The fourth-order valence-electron chi connectivity index (χ4n) is 5.25. The summed E-state index contributed by atoms with van der Waals surface area (Å²) in [5.41, 5.74) is 6.11. The molecular weight excluding hydrogens is 688 g/mol. The fourth-order valence-corrected chi connectivity index (χ4v) is 6.19. The van der Waals surface area contributed by atoms with Crippen molar-refractivity contribution in [2.24, 2.45) is 0 Å². The highest BCUT2D eigenvalue weighted by Gasteiger charge is 2.50. The lowest BCUT2D eigenvalue weighted by Gasteiger charge is -2.24. The summed E-state index contributed by atoms with van der Waals surface area (Å²) in [6, 6.07) is 0. The average molecular weight is 719 g/mol. The van der Waals surface area contributed by atoms with Gasteiger partial charge in [0, 0.05) is 13.5 Å². The Labute approximate surface area is 269 Å². The van der Waals surface area contributed by atoms with Gasteiger partial charge in [-0.3, -0.25) is 28.0 Å².